The van der Waals surface area contributed by atoms with E-state index in [-0.39, 0.29) is 11.5 Å². The number of hydrogen-bond donors (Lipinski definition) is 2. The SMILES string of the molecule is CCOc1cc(C=NNC(=O)C(NC(=O)c2ccccc2F)C(C)C)cc(Br)c1OCc1ccc(Br)cc1. The minimum absolute atomic E-state index is 0.134. The standard InChI is InChI=1S/C28H28Br2FN3O4/c1-4-37-24-14-19(13-22(30)26(24)38-16-18-9-11-20(29)12-10-18)15-32-34-28(36)25(17(2)3)33-27(35)21-7-5-6-8-23(21)31/h5-15,17,25H,4,16H2,1-3H3,(H,33,35)(H,34,36). The average Bonchev–Trinajstić information content (AvgIpc) is 2.88. The van der Waals surface area contributed by atoms with Gasteiger partial charge in [-0.05, 0) is 76.3 Å². The molecule has 0 saturated carbocycles. The molecule has 0 spiro atoms. The molecule has 0 radical (unpaired) electrons. The van der Waals surface area contributed by atoms with E-state index < -0.39 is 23.7 Å². The highest BCUT2D eigenvalue weighted by Gasteiger charge is 2.25. The first kappa shape index (κ1) is 29.3. The molecule has 200 valence electrons. The van der Waals surface area contributed by atoms with Crippen molar-refractivity contribution in [2.75, 3.05) is 6.61 Å². The summed E-state index contributed by atoms with van der Waals surface area (Å²) in [5.41, 5.74) is 3.96. The Hall–Kier alpha value is -3.24. The molecule has 0 aromatic heterocycles. The lowest BCUT2D eigenvalue weighted by Crippen LogP contribution is -2.48. The third-order valence-corrected chi connectivity index (χ3v) is 6.49. The fourth-order valence-corrected chi connectivity index (χ4v) is 4.28. The molecule has 7 nitrogen and oxygen atoms in total. The molecule has 0 aliphatic rings. The van der Waals surface area contributed by atoms with E-state index in [2.05, 4.69) is 47.7 Å². The average molecular weight is 649 g/mol. The molecule has 0 bridgehead atoms. The van der Waals surface area contributed by atoms with Gasteiger partial charge in [-0.15, -0.1) is 0 Å². The quantitative estimate of drug-likeness (QED) is 0.191. The van der Waals surface area contributed by atoms with Crippen LogP contribution in [0, 0.1) is 11.7 Å². The number of hydrogen-bond acceptors (Lipinski definition) is 5. The second kappa shape index (κ2) is 14.1. The fraction of sp³-hybridized carbons (Fsp3) is 0.250. The van der Waals surface area contributed by atoms with Gasteiger partial charge in [-0.25, -0.2) is 9.82 Å². The molecule has 0 heterocycles. The van der Waals surface area contributed by atoms with Crippen LogP contribution in [0.15, 0.2) is 74.7 Å². The minimum atomic E-state index is -0.917. The van der Waals surface area contributed by atoms with E-state index in [1.165, 1.54) is 24.4 Å². The molecule has 3 aromatic rings. The number of amides is 2. The van der Waals surface area contributed by atoms with Crippen molar-refractivity contribution >= 4 is 49.9 Å². The van der Waals surface area contributed by atoms with Gasteiger partial charge >= 0.3 is 0 Å². The Morgan fingerprint density at radius 1 is 1.05 bits per heavy atom. The fourth-order valence-electron chi connectivity index (χ4n) is 3.44. The van der Waals surface area contributed by atoms with Crippen molar-refractivity contribution < 1.29 is 23.5 Å². The van der Waals surface area contributed by atoms with Gasteiger partial charge in [0, 0.05) is 4.47 Å². The van der Waals surface area contributed by atoms with Crippen molar-refractivity contribution in [3.8, 4) is 11.5 Å². The largest absolute Gasteiger partial charge is 0.490 e. The Labute approximate surface area is 238 Å². The van der Waals surface area contributed by atoms with Gasteiger partial charge in [-0.3, -0.25) is 9.59 Å². The van der Waals surface area contributed by atoms with Crippen molar-refractivity contribution in [1.82, 2.24) is 10.7 Å². The lowest BCUT2D eigenvalue weighted by Gasteiger charge is -2.20. The highest BCUT2D eigenvalue weighted by Crippen LogP contribution is 2.37. The summed E-state index contributed by atoms with van der Waals surface area (Å²) in [5.74, 6) is -1.06. The zero-order valence-electron chi connectivity index (χ0n) is 21.1. The monoisotopic (exact) mass is 647 g/mol. The Balaban J connectivity index is 1.69. The number of benzene rings is 3. The van der Waals surface area contributed by atoms with Gasteiger partial charge in [-0.1, -0.05) is 54.0 Å². The van der Waals surface area contributed by atoms with E-state index in [9.17, 15) is 14.0 Å². The maximum Gasteiger partial charge on any atom is 0.262 e. The van der Waals surface area contributed by atoms with Crippen LogP contribution in [-0.4, -0.2) is 30.7 Å². The van der Waals surface area contributed by atoms with Crippen LogP contribution in [0.25, 0.3) is 0 Å². The highest BCUT2D eigenvalue weighted by atomic mass is 79.9. The molecular formula is C28H28Br2FN3O4. The van der Waals surface area contributed by atoms with Crippen LogP contribution in [-0.2, 0) is 11.4 Å². The van der Waals surface area contributed by atoms with Crippen LogP contribution in [0.3, 0.4) is 0 Å². The second-order valence-electron chi connectivity index (χ2n) is 8.59. The van der Waals surface area contributed by atoms with Crippen molar-refractivity contribution in [2.24, 2.45) is 11.0 Å². The number of hydrazone groups is 1. The number of rotatable bonds is 11. The summed E-state index contributed by atoms with van der Waals surface area (Å²) < 4.78 is 27.4. The van der Waals surface area contributed by atoms with E-state index in [4.69, 9.17) is 9.47 Å². The van der Waals surface area contributed by atoms with Crippen molar-refractivity contribution in [1.29, 1.82) is 0 Å². The lowest BCUT2D eigenvalue weighted by molar-refractivity contribution is -0.123. The molecule has 0 aliphatic heterocycles. The molecule has 2 N–H and O–H groups in total. The molecule has 0 aliphatic carbocycles. The van der Waals surface area contributed by atoms with E-state index >= 15 is 0 Å². The highest BCUT2D eigenvalue weighted by molar-refractivity contribution is 9.10. The third kappa shape index (κ3) is 8.13. The Kier molecular flexibility index (Phi) is 10.8. The first-order chi connectivity index (χ1) is 18.2. The van der Waals surface area contributed by atoms with Crippen LogP contribution in [0.2, 0.25) is 0 Å². The number of carbonyl (C=O) groups is 2. The summed E-state index contributed by atoms with van der Waals surface area (Å²) in [6.45, 7) is 6.19. The van der Waals surface area contributed by atoms with Crippen LogP contribution in [0.1, 0.15) is 42.3 Å². The molecule has 1 atom stereocenters. The van der Waals surface area contributed by atoms with E-state index in [0.29, 0.717) is 34.7 Å². The molecule has 38 heavy (non-hydrogen) atoms. The topological polar surface area (TPSA) is 89.0 Å². The van der Waals surface area contributed by atoms with Gasteiger partial charge in [-0.2, -0.15) is 5.10 Å². The van der Waals surface area contributed by atoms with Gasteiger partial charge in [0.15, 0.2) is 11.5 Å². The first-order valence-corrected chi connectivity index (χ1v) is 13.5. The molecule has 1 unspecified atom stereocenters. The zero-order valence-corrected chi connectivity index (χ0v) is 24.3. The van der Waals surface area contributed by atoms with Crippen molar-refractivity contribution in [2.45, 2.75) is 33.4 Å². The number of carbonyl (C=O) groups excluding carboxylic acids is 2. The molecule has 0 saturated heterocycles. The van der Waals surface area contributed by atoms with E-state index in [1.807, 2.05) is 31.2 Å². The van der Waals surface area contributed by atoms with Gasteiger partial charge in [0.1, 0.15) is 18.5 Å². The molecule has 10 heteroatoms. The normalized spacial score (nSPS) is 11.9. The van der Waals surface area contributed by atoms with Crippen LogP contribution >= 0.6 is 31.9 Å². The second-order valence-corrected chi connectivity index (χ2v) is 10.4. The molecule has 3 aromatic carbocycles. The van der Waals surface area contributed by atoms with Gasteiger partial charge in [0.25, 0.3) is 11.8 Å². The maximum absolute atomic E-state index is 14.0. The number of nitrogens with zero attached hydrogens (tertiary/aromatic N) is 1. The smallest absolute Gasteiger partial charge is 0.262 e. The van der Waals surface area contributed by atoms with Crippen LogP contribution in [0.4, 0.5) is 4.39 Å². The first-order valence-electron chi connectivity index (χ1n) is 11.9. The van der Waals surface area contributed by atoms with Crippen molar-refractivity contribution in [3.63, 3.8) is 0 Å². The molecule has 2 amide bonds. The van der Waals surface area contributed by atoms with Gasteiger partial charge in [0.2, 0.25) is 0 Å². The van der Waals surface area contributed by atoms with Crippen LogP contribution in [0.5, 0.6) is 11.5 Å². The van der Waals surface area contributed by atoms with Crippen LogP contribution < -0.4 is 20.2 Å². The molecule has 0 fully saturated rings. The summed E-state index contributed by atoms with van der Waals surface area (Å²) in [4.78, 5) is 25.3. The number of halogens is 3. The third-order valence-electron chi connectivity index (χ3n) is 5.37. The van der Waals surface area contributed by atoms with E-state index in [0.717, 1.165) is 10.0 Å². The Bertz CT molecular complexity index is 1300. The van der Waals surface area contributed by atoms with Gasteiger partial charge in [0.05, 0.1) is 22.9 Å². The summed E-state index contributed by atoms with van der Waals surface area (Å²) in [5, 5.41) is 6.63. The summed E-state index contributed by atoms with van der Waals surface area (Å²) >= 11 is 6.95. The van der Waals surface area contributed by atoms with E-state index in [1.54, 1.807) is 32.0 Å². The predicted octanol–water partition coefficient (Wildman–Crippen LogP) is 6.23. The summed E-state index contributed by atoms with van der Waals surface area (Å²) in [6, 6.07) is 16.0. The lowest BCUT2D eigenvalue weighted by atomic mass is 10.0. The Morgan fingerprint density at radius 2 is 1.76 bits per heavy atom. The minimum Gasteiger partial charge on any atom is -0.490 e. The summed E-state index contributed by atoms with van der Waals surface area (Å²) in [7, 11) is 0. The zero-order chi connectivity index (χ0) is 27.7. The molecule has 3 rings (SSSR count). The maximum atomic E-state index is 14.0. The predicted molar refractivity (Wildman–Crippen MR) is 152 cm³/mol. The number of nitrogens with one attached hydrogen (secondary N) is 2. The summed E-state index contributed by atoms with van der Waals surface area (Å²) in [6.07, 6.45) is 1.46. The van der Waals surface area contributed by atoms with Crippen molar-refractivity contribution in [3.05, 3.63) is 92.1 Å². The number of ether oxygens (including phenoxy) is 2. The van der Waals surface area contributed by atoms with Gasteiger partial charge < -0.3 is 14.8 Å². The molecular weight excluding hydrogens is 621 g/mol. The Morgan fingerprint density at radius 3 is 2.42 bits per heavy atom.